The Balaban J connectivity index is 1.98. The molecule has 3 unspecified atom stereocenters. The van der Waals surface area contributed by atoms with Gasteiger partial charge in [0.1, 0.15) is 0 Å². The monoisotopic (exact) mass is 209 g/mol. The maximum atomic E-state index is 6.04. The van der Waals surface area contributed by atoms with E-state index in [1.165, 1.54) is 0 Å². The highest BCUT2D eigenvalue weighted by molar-refractivity contribution is 4.95. The second kappa shape index (κ2) is 4.33. The van der Waals surface area contributed by atoms with Crippen molar-refractivity contribution < 1.29 is 4.52 Å². The average Bonchev–Trinajstić information content (AvgIpc) is 2.72. The van der Waals surface area contributed by atoms with Crippen molar-refractivity contribution in [3.05, 3.63) is 18.0 Å². The minimum atomic E-state index is 0.339. The molecule has 0 radical (unpaired) electrons. The number of nitrogens with zero attached hydrogens (tertiary/aromatic N) is 2. The fourth-order valence-corrected chi connectivity index (χ4v) is 2.22. The van der Waals surface area contributed by atoms with Crippen LogP contribution in [-0.4, -0.2) is 28.7 Å². The lowest BCUT2D eigenvalue weighted by atomic mass is 9.87. The molecule has 1 aliphatic rings. The van der Waals surface area contributed by atoms with Crippen LogP contribution in [0, 0.1) is 5.92 Å². The van der Waals surface area contributed by atoms with Gasteiger partial charge < -0.3 is 10.3 Å². The van der Waals surface area contributed by atoms with Gasteiger partial charge in [0.25, 0.3) is 0 Å². The quantitative estimate of drug-likeness (QED) is 0.796. The van der Waals surface area contributed by atoms with Crippen molar-refractivity contribution in [3.8, 4) is 0 Å². The normalized spacial score (nSPS) is 33.1. The van der Waals surface area contributed by atoms with Crippen LogP contribution in [0.25, 0.3) is 0 Å². The van der Waals surface area contributed by atoms with Gasteiger partial charge in [-0.15, -0.1) is 0 Å². The zero-order valence-corrected chi connectivity index (χ0v) is 9.39. The van der Waals surface area contributed by atoms with Gasteiger partial charge in [-0.1, -0.05) is 12.1 Å². The van der Waals surface area contributed by atoms with E-state index in [0.717, 1.165) is 25.3 Å². The molecule has 1 saturated heterocycles. The summed E-state index contributed by atoms with van der Waals surface area (Å²) in [7, 11) is 0. The van der Waals surface area contributed by atoms with Crippen LogP contribution in [-0.2, 0) is 6.54 Å². The average molecular weight is 209 g/mol. The first-order chi connectivity index (χ1) is 7.18. The highest BCUT2D eigenvalue weighted by atomic mass is 16.5. The lowest BCUT2D eigenvalue weighted by molar-refractivity contribution is 0.0820. The molecule has 2 N–H and O–H groups in total. The molecule has 1 aliphatic heterocycles. The molecule has 15 heavy (non-hydrogen) atoms. The Morgan fingerprint density at radius 2 is 2.40 bits per heavy atom. The standard InChI is InChI=1S/C11H19N3O/c1-8-9(2)14(6-4-11(8)12)7-10-3-5-13-15-10/h3,5,8-9,11H,4,6-7,12H2,1-2H3. The molecule has 1 aromatic rings. The summed E-state index contributed by atoms with van der Waals surface area (Å²) in [6.45, 7) is 6.35. The van der Waals surface area contributed by atoms with Gasteiger partial charge in [0.2, 0.25) is 0 Å². The van der Waals surface area contributed by atoms with Gasteiger partial charge in [-0.3, -0.25) is 4.90 Å². The second-order valence-electron chi connectivity index (χ2n) is 4.50. The van der Waals surface area contributed by atoms with Crippen LogP contribution in [0.1, 0.15) is 26.0 Å². The zero-order chi connectivity index (χ0) is 10.8. The van der Waals surface area contributed by atoms with E-state index in [1.807, 2.05) is 6.07 Å². The molecule has 2 rings (SSSR count). The summed E-state index contributed by atoms with van der Waals surface area (Å²) in [6, 6.07) is 2.77. The van der Waals surface area contributed by atoms with Crippen molar-refractivity contribution >= 4 is 0 Å². The van der Waals surface area contributed by atoms with Crippen LogP contribution in [0.2, 0.25) is 0 Å². The first-order valence-electron chi connectivity index (χ1n) is 5.57. The summed E-state index contributed by atoms with van der Waals surface area (Å²) >= 11 is 0. The number of hydrogen-bond acceptors (Lipinski definition) is 4. The SMILES string of the molecule is CC1C(N)CCN(Cc2ccno2)C1C. The van der Waals surface area contributed by atoms with Crippen LogP contribution < -0.4 is 5.73 Å². The van der Waals surface area contributed by atoms with Crippen molar-refractivity contribution in [2.75, 3.05) is 6.54 Å². The van der Waals surface area contributed by atoms with Crippen molar-refractivity contribution in [2.45, 2.75) is 38.9 Å². The van der Waals surface area contributed by atoms with E-state index in [2.05, 4.69) is 23.9 Å². The molecule has 0 amide bonds. The maximum Gasteiger partial charge on any atom is 0.150 e. The molecule has 1 aromatic heterocycles. The molecule has 1 fully saturated rings. The summed E-state index contributed by atoms with van der Waals surface area (Å²) < 4.78 is 5.12. The van der Waals surface area contributed by atoms with E-state index in [1.54, 1.807) is 6.20 Å². The van der Waals surface area contributed by atoms with Crippen molar-refractivity contribution in [2.24, 2.45) is 11.7 Å². The number of aromatic nitrogens is 1. The van der Waals surface area contributed by atoms with Crippen molar-refractivity contribution in [1.82, 2.24) is 10.1 Å². The van der Waals surface area contributed by atoms with Crippen LogP contribution in [0.5, 0.6) is 0 Å². The number of rotatable bonds is 2. The van der Waals surface area contributed by atoms with Crippen LogP contribution in [0.15, 0.2) is 16.8 Å². The molecule has 2 heterocycles. The highest BCUT2D eigenvalue weighted by Gasteiger charge is 2.30. The van der Waals surface area contributed by atoms with Crippen LogP contribution >= 0.6 is 0 Å². The smallest absolute Gasteiger partial charge is 0.150 e. The highest BCUT2D eigenvalue weighted by Crippen LogP contribution is 2.23. The molecule has 0 aromatic carbocycles. The molecule has 0 spiro atoms. The molecule has 0 aliphatic carbocycles. The third-order valence-electron chi connectivity index (χ3n) is 3.61. The van der Waals surface area contributed by atoms with Gasteiger partial charge in [-0.25, -0.2) is 0 Å². The van der Waals surface area contributed by atoms with Crippen molar-refractivity contribution in [3.63, 3.8) is 0 Å². The molecular formula is C11H19N3O. The van der Waals surface area contributed by atoms with Gasteiger partial charge in [0.15, 0.2) is 5.76 Å². The largest absolute Gasteiger partial charge is 0.360 e. The van der Waals surface area contributed by atoms with Gasteiger partial charge in [-0.2, -0.15) is 0 Å². The first-order valence-corrected chi connectivity index (χ1v) is 5.57. The van der Waals surface area contributed by atoms with Crippen LogP contribution in [0.4, 0.5) is 0 Å². The minimum absolute atomic E-state index is 0.339. The van der Waals surface area contributed by atoms with E-state index >= 15 is 0 Å². The molecule has 0 bridgehead atoms. The number of likely N-dealkylation sites (tertiary alicyclic amines) is 1. The summed E-state index contributed by atoms with van der Waals surface area (Å²) in [4.78, 5) is 2.41. The lowest BCUT2D eigenvalue weighted by Gasteiger charge is -2.40. The fraction of sp³-hybridized carbons (Fsp3) is 0.727. The van der Waals surface area contributed by atoms with Gasteiger partial charge >= 0.3 is 0 Å². The first kappa shape index (κ1) is 10.6. The Kier molecular flexibility index (Phi) is 3.07. The van der Waals surface area contributed by atoms with E-state index in [0.29, 0.717) is 18.0 Å². The van der Waals surface area contributed by atoms with Crippen LogP contribution in [0.3, 0.4) is 0 Å². The van der Waals surface area contributed by atoms with Crippen molar-refractivity contribution in [1.29, 1.82) is 0 Å². The second-order valence-corrected chi connectivity index (χ2v) is 4.50. The topological polar surface area (TPSA) is 55.3 Å². The Morgan fingerprint density at radius 3 is 3.07 bits per heavy atom. The number of piperidine rings is 1. The molecular weight excluding hydrogens is 190 g/mol. The fourth-order valence-electron chi connectivity index (χ4n) is 2.22. The third-order valence-corrected chi connectivity index (χ3v) is 3.61. The van der Waals surface area contributed by atoms with Gasteiger partial charge in [0, 0.05) is 24.7 Å². The minimum Gasteiger partial charge on any atom is -0.360 e. The number of nitrogens with two attached hydrogens (primary N) is 1. The molecule has 4 nitrogen and oxygen atoms in total. The van der Waals surface area contributed by atoms with Gasteiger partial charge in [0.05, 0.1) is 12.7 Å². The van der Waals surface area contributed by atoms with E-state index in [9.17, 15) is 0 Å². The van der Waals surface area contributed by atoms with E-state index < -0.39 is 0 Å². The summed E-state index contributed by atoms with van der Waals surface area (Å²) in [5.41, 5.74) is 6.04. The predicted octanol–water partition coefficient (Wildman–Crippen LogP) is 1.23. The summed E-state index contributed by atoms with van der Waals surface area (Å²) in [6.07, 6.45) is 2.76. The third kappa shape index (κ3) is 2.21. The Labute approximate surface area is 90.4 Å². The molecule has 4 heteroatoms. The molecule has 0 saturated carbocycles. The predicted molar refractivity (Wildman–Crippen MR) is 58.1 cm³/mol. The van der Waals surface area contributed by atoms with E-state index in [-0.39, 0.29) is 0 Å². The Bertz CT molecular complexity index is 299. The summed E-state index contributed by atoms with van der Waals surface area (Å²) in [5, 5.41) is 3.72. The molecule has 84 valence electrons. The lowest BCUT2D eigenvalue weighted by Crippen LogP contribution is -2.51. The zero-order valence-electron chi connectivity index (χ0n) is 9.39. The summed E-state index contributed by atoms with van der Waals surface area (Å²) in [5.74, 6) is 1.48. The maximum absolute atomic E-state index is 6.04. The Morgan fingerprint density at radius 1 is 1.60 bits per heavy atom. The van der Waals surface area contributed by atoms with E-state index in [4.69, 9.17) is 10.3 Å². The molecule has 3 atom stereocenters. The Hall–Kier alpha value is -0.870. The number of hydrogen-bond donors (Lipinski definition) is 1. The van der Waals surface area contributed by atoms with Gasteiger partial charge in [-0.05, 0) is 19.3 Å².